The van der Waals surface area contributed by atoms with Gasteiger partial charge in [0.05, 0.1) is 17.9 Å². The van der Waals surface area contributed by atoms with Crippen molar-refractivity contribution < 1.29 is 18.3 Å². The smallest absolute Gasteiger partial charge is 0.376 e. The van der Waals surface area contributed by atoms with Crippen LogP contribution >= 0.6 is 15.9 Å². The van der Waals surface area contributed by atoms with E-state index >= 15 is 0 Å². The van der Waals surface area contributed by atoms with Crippen LogP contribution in [0.4, 0.5) is 4.39 Å². The summed E-state index contributed by atoms with van der Waals surface area (Å²) < 4.78 is 23.8. The molecule has 1 heterocycles. The maximum Gasteiger partial charge on any atom is 0.376 e. The van der Waals surface area contributed by atoms with Gasteiger partial charge in [0.25, 0.3) is 0 Å². The van der Waals surface area contributed by atoms with Crippen molar-refractivity contribution in [3.63, 3.8) is 0 Å². The number of hydrogen-bond acceptors (Lipinski definition) is 4. The number of aryl methyl sites for hydroxylation is 1. The molecule has 0 unspecified atom stereocenters. The first-order valence-corrected chi connectivity index (χ1v) is 6.42. The molecule has 0 saturated carbocycles. The first-order valence-electron chi connectivity index (χ1n) is 5.63. The van der Waals surface area contributed by atoms with E-state index in [1.807, 2.05) is 0 Å². The molecule has 2 aromatic rings. The Morgan fingerprint density at radius 2 is 2.26 bits per heavy atom. The van der Waals surface area contributed by atoms with E-state index in [0.717, 1.165) is 0 Å². The largest absolute Gasteiger partial charge is 0.460 e. The molecule has 19 heavy (non-hydrogen) atoms. The molecule has 0 aliphatic heterocycles. The summed E-state index contributed by atoms with van der Waals surface area (Å²) in [6, 6.07) is 4.13. The van der Waals surface area contributed by atoms with E-state index in [0.29, 0.717) is 15.7 Å². The van der Waals surface area contributed by atoms with Gasteiger partial charge in [0.2, 0.25) is 11.7 Å². The second-order valence-electron chi connectivity index (χ2n) is 3.78. The Morgan fingerprint density at radius 3 is 2.89 bits per heavy atom. The minimum Gasteiger partial charge on any atom is -0.460 e. The van der Waals surface area contributed by atoms with Crippen molar-refractivity contribution in [2.75, 3.05) is 6.61 Å². The Kier molecular flexibility index (Phi) is 3.99. The molecular weight excluding hydrogens is 317 g/mol. The third-order valence-electron chi connectivity index (χ3n) is 2.42. The fourth-order valence-corrected chi connectivity index (χ4v) is 2.08. The Hall–Kier alpha value is -1.69. The number of esters is 1. The number of halogens is 2. The van der Waals surface area contributed by atoms with Crippen molar-refractivity contribution in [3.05, 3.63) is 39.9 Å². The third kappa shape index (κ3) is 2.84. The Morgan fingerprint density at radius 1 is 1.53 bits per heavy atom. The van der Waals surface area contributed by atoms with Crippen LogP contribution in [0.5, 0.6) is 0 Å². The summed E-state index contributed by atoms with van der Waals surface area (Å²) in [5, 5.41) is 0. The summed E-state index contributed by atoms with van der Waals surface area (Å²) in [5.74, 6) is -0.623. The molecule has 0 aliphatic rings. The lowest BCUT2D eigenvalue weighted by molar-refractivity contribution is 0.0490. The zero-order chi connectivity index (χ0) is 14.0. The van der Waals surface area contributed by atoms with E-state index < -0.39 is 5.97 Å². The number of nitrogens with zero attached hydrogens (tertiary/aromatic N) is 1. The molecule has 0 radical (unpaired) electrons. The molecule has 0 spiro atoms. The zero-order valence-electron chi connectivity index (χ0n) is 10.4. The standard InChI is InChI=1S/C13H11BrFNO3/c1-3-18-13(17)11-7(2)16-12(19-11)9-5-4-8(15)6-10(9)14/h4-6H,3H2,1-2H3. The van der Waals surface area contributed by atoms with Crippen LogP contribution in [0.15, 0.2) is 27.1 Å². The monoisotopic (exact) mass is 327 g/mol. The number of hydrogen-bond donors (Lipinski definition) is 0. The molecular formula is C13H11BrFNO3. The summed E-state index contributed by atoms with van der Waals surface area (Å²) >= 11 is 3.23. The van der Waals surface area contributed by atoms with Gasteiger partial charge < -0.3 is 9.15 Å². The van der Waals surface area contributed by atoms with Crippen LogP contribution in [0.2, 0.25) is 0 Å². The zero-order valence-corrected chi connectivity index (χ0v) is 12.0. The molecule has 0 fully saturated rings. The highest BCUT2D eigenvalue weighted by atomic mass is 79.9. The highest BCUT2D eigenvalue weighted by molar-refractivity contribution is 9.10. The quantitative estimate of drug-likeness (QED) is 0.806. The fourth-order valence-electron chi connectivity index (χ4n) is 1.56. The van der Waals surface area contributed by atoms with Gasteiger partial charge >= 0.3 is 5.97 Å². The van der Waals surface area contributed by atoms with Crippen LogP contribution < -0.4 is 0 Å². The Labute approximate surface area is 117 Å². The third-order valence-corrected chi connectivity index (χ3v) is 3.08. The van der Waals surface area contributed by atoms with Gasteiger partial charge in [0, 0.05) is 4.47 Å². The number of carbonyl (C=O) groups is 1. The van der Waals surface area contributed by atoms with Crippen molar-refractivity contribution in [1.82, 2.24) is 4.98 Å². The lowest BCUT2D eigenvalue weighted by Crippen LogP contribution is -2.04. The van der Waals surface area contributed by atoms with Crippen molar-refractivity contribution in [3.8, 4) is 11.5 Å². The molecule has 0 aliphatic carbocycles. The second-order valence-corrected chi connectivity index (χ2v) is 4.63. The molecule has 0 N–H and O–H groups in total. The molecule has 0 bridgehead atoms. The van der Waals surface area contributed by atoms with Crippen LogP contribution in [-0.2, 0) is 4.74 Å². The maximum absolute atomic E-state index is 13.0. The van der Waals surface area contributed by atoms with Gasteiger partial charge in [-0.3, -0.25) is 0 Å². The van der Waals surface area contributed by atoms with Crippen molar-refractivity contribution in [2.45, 2.75) is 13.8 Å². The van der Waals surface area contributed by atoms with Gasteiger partial charge in [-0.05, 0) is 48.0 Å². The highest BCUT2D eigenvalue weighted by Gasteiger charge is 2.20. The van der Waals surface area contributed by atoms with Crippen molar-refractivity contribution >= 4 is 21.9 Å². The van der Waals surface area contributed by atoms with Crippen LogP contribution in [0.1, 0.15) is 23.2 Å². The normalized spacial score (nSPS) is 10.5. The van der Waals surface area contributed by atoms with Gasteiger partial charge in [-0.15, -0.1) is 0 Å². The summed E-state index contributed by atoms with van der Waals surface area (Å²) in [6.45, 7) is 3.62. The predicted molar refractivity (Wildman–Crippen MR) is 70.3 cm³/mol. The first kappa shape index (κ1) is 13.7. The SMILES string of the molecule is CCOC(=O)c1oc(-c2ccc(F)cc2Br)nc1C. The number of oxazole rings is 1. The number of ether oxygens (including phenoxy) is 1. The molecule has 0 amide bonds. The predicted octanol–water partition coefficient (Wildman–Crippen LogP) is 3.73. The minimum atomic E-state index is -0.558. The van der Waals surface area contributed by atoms with E-state index in [9.17, 15) is 9.18 Å². The molecule has 100 valence electrons. The highest BCUT2D eigenvalue weighted by Crippen LogP contribution is 2.29. The molecule has 1 aromatic carbocycles. The van der Waals surface area contributed by atoms with Crippen LogP contribution in [0.25, 0.3) is 11.5 Å². The van der Waals surface area contributed by atoms with Gasteiger partial charge in [-0.2, -0.15) is 0 Å². The van der Waals surface area contributed by atoms with E-state index in [1.165, 1.54) is 18.2 Å². The average molecular weight is 328 g/mol. The summed E-state index contributed by atoms with van der Waals surface area (Å²) in [6.07, 6.45) is 0. The minimum absolute atomic E-state index is 0.0630. The van der Waals surface area contributed by atoms with E-state index in [-0.39, 0.29) is 24.1 Å². The first-order chi connectivity index (χ1) is 9.02. The Bertz CT molecular complexity index is 624. The number of rotatable bonds is 3. The summed E-state index contributed by atoms with van der Waals surface area (Å²) in [4.78, 5) is 15.8. The van der Waals surface area contributed by atoms with E-state index in [4.69, 9.17) is 9.15 Å². The van der Waals surface area contributed by atoms with Gasteiger partial charge in [0.15, 0.2) is 0 Å². The second kappa shape index (κ2) is 5.52. The molecule has 1 aromatic heterocycles. The molecule has 4 nitrogen and oxygen atoms in total. The van der Waals surface area contributed by atoms with E-state index in [1.54, 1.807) is 13.8 Å². The topological polar surface area (TPSA) is 52.3 Å². The summed E-state index contributed by atoms with van der Waals surface area (Å²) in [7, 11) is 0. The molecule has 0 atom stereocenters. The fraction of sp³-hybridized carbons (Fsp3) is 0.231. The molecule has 2 rings (SSSR count). The molecule has 0 saturated heterocycles. The molecule has 6 heteroatoms. The number of benzene rings is 1. The van der Waals surface area contributed by atoms with Gasteiger partial charge in [-0.25, -0.2) is 14.2 Å². The lowest BCUT2D eigenvalue weighted by atomic mass is 10.2. The average Bonchev–Trinajstić information content (AvgIpc) is 2.71. The maximum atomic E-state index is 13.0. The van der Waals surface area contributed by atoms with Gasteiger partial charge in [-0.1, -0.05) is 0 Å². The van der Waals surface area contributed by atoms with Gasteiger partial charge in [0.1, 0.15) is 5.82 Å². The number of carbonyl (C=O) groups excluding carboxylic acids is 1. The lowest BCUT2D eigenvalue weighted by Gasteiger charge is -2.00. The van der Waals surface area contributed by atoms with Crippen molar-refractivity contribution in [1.29, 1.82) is 0 Å². The van der Waals surface area contributed by atoms with Crippen LogP contribution in [0, 0.1) is 12.7 Å². The van der Waals surface area contributed by atoms with Crippen LogP contribution in [0.3, 0.4) is 0 Å². The van der Waals surface area contributed by atoms with Crippen molar-refractivity contribution in [2.24, 2.45) is 0 Å². The van der Waals surface area contributed by atoms with E-state index in [2.05, 4.69) is 20.9 Å². The summed E-state index contributed by atoms with van der Waals surface area (Å²) in [5.41, 5.74) is 1.00. The van der Waals surface area contributed by atoms with Crippen LogP contribution in [-0.4, -0.2) is 17.6 Å². The Balaban J connectivity index is 2.42. The number of aromatic nitrogens is 1.